The number of hydrogen-bond acceptors (Lipinski definition) is 3. The van der Waals surface area contributed by atoms with E-state index in [1.54, 1.807) is 0 Å². The highest BCUT2D eigenvalue weighted by atomic mass is 16.5. The number of hydrogen-bond donors (Lipinski definition) is 1. The summed E-state index contributed by atoms with van der Waals surface area (Å²) in [4.78, 5) is 12.5. The quantitative estimate of drug-likeness (QED) is 0.788. The highest BCUT2D eigenvalue weighted by Gasteiger charge is 2.20. The molecule has 0 saturated heterocycles. The minimum Gasteiger partial charge on any atom is -0.491 e. The highest BCUT2D eigenvalue weighted by molar-refractivity contribution is 5.81. The van der Waals surface area contributed by atoms with Crippen molar-refractivity contribution in [1.29, 1.82) is 0 Å². The number of nitrogens with one attached hydrogen (secondary N) is 1. The Morgan fingerprint density at radius 2 is 1.76 bits per heavy atom. The van der Waals surface area contributed by atoms with E-state index in [9.17, 15) is 4.79 Å². The zero-order valence-corrected chi connectivity index (χ0v) is 15.4. The normalized spacial score (nSPS) is 13.0. The van der Waals surface area contributed by atoms with Crippen molar-refractivity contribution < 1.29 is 14.3 Å². The summed E-state index contributed by atoms with van der Waals surface area (Å²) in [6, 6.07) is 15.5. The van der Waals surface area contributed by atoms with Gasteiger partial charge in [-0.25, -0.2) is 0 Å². The molecule has 0 heterocycles. The van der Waals surface area contributed by atoms with Gasteiger partial charge in [0.1, 0.15) is 18.1 Å². The molecule has 0 bridgehead atoms. The molecule has 1 N–H and O–H groups in total. The molecule has 25 heavy (non-hydrogen) atoms. The predicted octanol–water partition coefficient (Wildman–Crippen LogP) is 4.04. The molecule has 134 valence electrons. The molecule has 4 nitrogen and oxygen atoms in total. The molecular weight excluding hydrogens is 314 g/mol. The summed E-state index contributed by atoms with van der Waals surface area (Å²) in [5.74, 6) is 1.42. The van der Waals surface area contributed by atoms with E-state index in [2.05, 4.69) is 5.32 Å². The highest BCUT2D eigenvalue weighted by Crippen LogP contribution is 2.19. The van der Waals surface area contributed by atoms with Crippen molar-refractivity contribution in [2.24, 2.45) is 0 Å². The van der Waals surface area contributed by atoms with Crippen molar-refractivity contribution in [3.63, 3.8) is 0 Å². The van der Waals surface area contributed by atoms with Gasteiger partial charge in [-0.2, -0.15) is 0 Å². The molecule has 0 aliphatic rings. The lowest BCUT2D eigenvalue weighted by atomic mass is 10.2. The molecule has 0 unspecified atom stereocenters. The van der Waals surface area contributed by atoms with Crippen LogP contribution >= 0.6 is 0 Å². The number of amides is 1. The average Bonchev–Trinajstić information content (AvgIpc) is 2.60. The topological polar surface area (TPSA) is 47.6 Å². The molecular formula is C21H27NO3. The Labute approximate surface area is 150 Å². The van der Waals surface area contributed by atoms with Gasteiger partial charge >= 0.3 is 0 Å². The second-order valence-corrected chi connectivity index (χ2v) is 6.31. The van der Waals surface area contributed by atoms with Crippen LogP contribution in [0.3, 0.4) is 0 Å². The summed E-state index contributed by atoms with van der Waals surface area (Å²) in [6.45, 7) is 8.28. The zero-order chi connectivity index (χ0) is 18.2. The van der Waals surface area contributed by atoms with Crippen LogP contribution in [0.4, 0.5) is 0 Å². The third-order valence-electron chi connectivity index (χ3n) is 3.94. The molecule has 1 amide bonds. The fourth-order valence-electron chi connectivity index (χ4n) is 2.40. The van der Waals surface area contributed by atoms with Crippen molar-refractivity contribution in [1.82, 2.24) is 5.32 Å². The first-order valence-corrected chi connectivity index (χ1v) is 8.71. The number of aryl methyl sites for hydroxylation is 2. The van der Waals surface area contributed by atoms with Crippen molar-refractivity contribution in [3.8, 4) is 11.5 Å². The van der Waals surface area contributed by atoms with Gasteiger partial charge in [-0.1, -0.05) is 42.8 Å². The SMILES string of the molecule is CC[C@H](Oc1ccccc1C)C(=O)N[C@H](C)COc1ccc(C)cc1. The van der Waals surface area contributed by atoms with E-state index >= 15 is 0 Å². The van der Waals surface area contributed by atoms with Crippen LogP contribution in [-0.4, -0.2) is 24.7 Å². The van der Waals surface area contributed by atoms with E-state index in [1.165, 1.54) is 5.56 Å². The van der Waals surface area contributed by atoms with Crippen LogP contribution in [0.2, 0.25) is 0 Å². The number of carbonyl (C=O) groups excluding carboxylic acids is 1. The lowest BCUT2D eigenvalue weighted by Crippen LogP contribution is -2.44. The molecule has 0 aromatic heterocycles. The van der Waals surface area contributed by atoms with Crippen LogP contribution in [-0.2, 0) is 4.79 Å². The van der Waals surface area contributed by atoms with Gasteiger partial charge in [0.2, 0.25) is 0 Å². The maximum absolute atomic E-state index is 12.5. The van der Waals surface area contributed by atoms with Crippen LogP contribution in [0, 0.1) is 13.8 Å². The number of para-hydroxylation sites is 1. The number of benzene rings is 2. The van der Waals surface area contributed by atoms with Crippen molar-refractivity contribution >= 4 is 5.91 Å². The fourth-order valence-corrected chi connectivity index (χ4v) is 2.40. The summed E-state index contributed by atoms with van der Waals surface area (Å²) >= 11 is 0. The molecule has 0 fully saturated rings. The lowest BCUT2D eigenvalue weighted by Gasteiger charge is -2.21. The monoisotopic (exact) mass is 341 g/mol. The predicted molar refractivity (Wildman–Crippen MR) is 100 cm³/mol. The van der Waals surface area contributed by atoms with Crippen molar-refractivity contribution in [3.05, 3.63) is 59.7 Å². The minimum absolute atomic E-state index is 0.108. The fraction of sp³-hybridized carbons (Fsp3) is 0.381. The average molecular weight is 341 g/mol. The van der Waals surface area contributed by atoms with E-state index in [4.69, 9.17) is 9.47 Å². The zero-order valence-electron chi connectivity index (χ0n) is 15.4. The number of ether oxygens (including phenoxy) is 2. The number of carbonyl (C=O) groups is 1. The Bertz CT molecular complexity index is 682. The maximum Gasteiger partial charge on any atom is 0.261 e. The van der Waals surface area contributed by atoms with Crippen LogP contribution in [0.15, 0.2) is 48.5 Å². The smallest absolute Gasteiger partial charge is 0.261 e. The van der Waals surface area contributed by atoms with Crippen LogP contribution in [0.5, 0.6) is 11.5 Å². The Morgan fingerprint density at radius 3 is 2.40 bits per heavy atom. The van der Waals surface area contributed by atoms with Crippen molar-refractivity contribution in [2.45, 2.75) is 46.3 Å². The van der Waals surface area contributed by atoms with Gasteiger partial charge in [-0.3, -0.25) is 4.79 Å². The van der Waals surface area contributed by atoms with Crippen LogP contribution < -0.4 is 14.8 Å². The number of rotatable bonds is 8. The molecule has 0 spiro atoms. The Hall–Kier alpha value is -2.49. The summed E-state index contributed by atoms with van der Waals surface area (Å²) in [7, 11) is 0. The molecule has 0 saturated carbocycles. The van der Waals surface area contributed by atoms with Crippen molar-refractivity contribution in [2.75, 3.05) is 6.61 Å². The van der Waals surface area contributed by atoms with Gasteiger partial charge in [0.15, 0.2) is 6.10 Å². The third-order valence-corrected chi connectivity index (χ3v) is 3.94. The van der Waals surface area contributed by atoms with Gasteiger partial charge in [0.05, 0.1) is 6.04 Å². The van der Waals surface area contributed by atoms with Gasteiger partial charge in [0.25, 0.3) is 5.91 Å². The molecule has 2 atom stereocenters. The van der Waals surface area contributed by atoms with E-state index in [-0.39, 0.29) is 11.9 Å². The van der Waals surface area contributed by atoms with Gasteiger partial charge in [-0.05, 0) is 51.0 Å². The second kappa shape index (κ2) is 9.11. The van der Waals surface area contributed by atoms with E-state index in [0.717, 1.165) is 17.1 Å². The standard InChI is InChI=1S/C21H27NO3/c1-5-19(25-20-9-7-6-8-16(20)3)21(23)22-17(4)14-24-18-12-10-15(2)11-13-18/h6-13,17,19H,5,14H2,1-4H3,(H,22,23)/t17-,19+/m1/s1. The minimum atomic E-state index is -0.511. The maximum atomic E-state index is 12.5. The first kappa shape index (κ1) is 18.8. The third kappa shape index (κ3) is 5.82. The molecule has 2 aromatic carbocycles. The summed E-state index contributed by atoms with van der Waals surface area (Å²) < 4.78 is 11.6. The largest absolute Gasteiger partial charge is 0.491 e. The van der Waals surface area contributed by atoms with Crippen LogP contribution in [0.25, 0.3) is 0 Å². The molecule has 2 rings (SSSR count). The first-order valence-electron chi connectivity index (χ1n) is 8.71. The molecule has 0 aliphatic heterocycles. The lowest BCUT2D eigenvalue weighted by molar-refractivity contribution is -0.129. The molecule has 0 aliphatic carbocycles. The van der Waals surface area contributed by atoms with Gasteiger partial charge in [0, 0.05) is 0 Å². The summed E-state index contributed by atoms with van der Waals surface area (Å²) in [6.07, 6.45) is 0.0917. The van der Waals surface area contributed by atoms with Gasteiger partial charge < -0.3 is 14.8 Å². The summed E-state index contributed by atoms with van der Waals surface area (Å²) in [5, 5.41) is 2.96. The van der Waals surface area contributed by atoms with E-state index in [0.29, 0.717) is 13.0 Å². The Kier molecular flexibility index (Phi) is 6.87. The Balaban J connectivity index is 1.85. The van der Waals surface area contributed by atoms with Gasteiger partial charge in [-0.15, -0.1) is 0 Å². The summed E-state index contributed by atoms with van der Waals surface area (Å²) in [5.41, 5.74) is 2.21. The van der Waals surface area contributed by atoms with Crippen LogP contribution in [0.1, 0.15) is 31.4 Å². The Morgan fingerprint density at radius 1 is 1.08 bits per heavy atom. The first-order chi connectivity index (χ1) is 12.0. The molecule has 2 aromatic rings. The van der Waals surface area contributed by atoms with E-state index < -0.39 is 6.10 Å². The van der Waals surface area contributed by atoms with E-state index in [1.807, 2.05) is 76.2 Å². The molecule has 4 heteroatoms. The second-order valence-electron chi connectivity index (χ2n) is 6.31. The molecule has 0 radical (unpaired) electrons.